The van der Waals surface area contributed by atoms with E-state index in [-0.39, 0.29) is 6.04 Å². The van der Waals surface area contributed by atoms with E-state index in [9.17, 15) is 8.78 Å². The molecule has 0 spiro atoms. The smallest absolute Gasteiger partial charge is 0.159 e. The molecule has 0 aliphatic carbocycles. The van der Waals surface area contributed by atoms with E-state index in [1.54, 1.807) is 6.92 Å². The minimum atomic E-state index is -0.849. The molecule has 0 heterocycles. The van der Waals surface area contributed by atoms with Crippen molar-refractivity contribution in [3.8, 4) is 0 Å². The fraction of sp³-hybridized carbons (Fsp3) is 0.455. The highest BCUT2D eigenvalue weighted by atomic mass is 19.2. The number of hydrogen-bond acceptors (Lipinski definition) is 2. The average molecular weight is 215 g/mol. The summed E-state index contributed by atoms with van der Waals surface area (Å²) < 4.78 is 25.5. The summed E-state index contributed by atoms with van der Waals surface area (Å²) in [4.78, 5) is 0. The molecule has 4 heteroatoms. The third-order valence-electron chi connectivity index (χ3n) is 2.16. The van der Waals surface area contributed by atoms with Crippen LogP contribution in [0.5, 0.6) is 0 Å². The van der Waals surface area contributed by atoms with Crippen LogP contribution in [-0.4, -0.2) is 17.8 Å². The summed E-state index contributed by atoms with van der Waals surface area (Å²) in [6.07, 6.45) is -0.460. The van der Waals surface area contributed by atoms with Crippen molar-refractivity contribution in [1.29, 1.82) is 0 Å². The summed E-state index contributed by atoms with van der Waals surface area (Å²) >= 11 is 0. The number of hydrogen-bond donors (Lipinski definition) is 2. The third kappa shape index (κ3) is 3.57. The molecular weight excluding hydrogens is 200 g/mol. The first-order valence-corrected chi connectivity index (χ1v) is 4.87. The molecule has 2 nitrogen and oxygen atoms in total. The van der Waals surface area contributed by atoms with Crippen LogP contribution in [0.2, 0.25) is 0 Å². The van der Waals surface area contributed by atoms with Gasteiger partial charge < -0.3 is 10.4 Å². The Labute approximate surface area is 87.9 Å². The van der Waals surface area contributed by atoms with Crippen LogP contribution in [0.15, 0.2) is 18.2 Å². The van der Waals surface area contributed by atoms with Gasteiger partial charge in [-0.2, -0.15) is 0 Å². The molecule has 0 fully saturated rings. The molecule has 0 aromatic heterocycles. The fourth-order valence-corrected chi connectivity index (χ4v) is 1.25. The molecule has 2 N–H and O–H groups in total. The summed E-state index contributed by atoms with van der Waals surface area (Å²) in [7, 11) is 0. The molecule has 0 bridgehead atoms. The van der Waals surface area contributed by atoms with Gasteiger partial charge >= 0.3 is 0 Å². The molecule has 0 aliphatic heterocycles. The Balaban J connectivity index is 2.65. The maximum atomic E-state index is 12.9. The SMILES string of the molecule is C[C@H](O)CN[C@@H](C)c1ccc(F)c(F)c1. The Morgan fingerprint density at radius 1 is 1.27 bits per heavy atom. The molecule has 1 aromatic carbocycles. The van der Waals surface area contributed by atoms with Crippen molar-refractivity contribution in [1.82, 2.24) is 5.32 Å². The lowest BCUT2D eigenvalue weighted by molar-refractivity contribution is 0.187. The van der Waals surface area contributed by atoms with Gasteiger partial charge in [0.2, 0.25) is 0 Å². The lowest BCUT2D eigenvalue weighted by Crippen LogP contribution is -2.27. The number of nitrogens with one attached hydrogen (secondary N) is 1. The highest BCUT2D eigenvalue weighted by Gasteiger charge is 2.09. The number of aliphatic hydroxyl groups is 1. The molecule has 1 rings (SSSR count). The van der Waals surface area contributed by atoms with Gasteiger partial charge in [-0.05, 0) is 31.5 Å². The van der Waals surface area contributed by atoms with E-state index >= 15 is 0 Å². The van der Waals surface area contributed by atoms with Crippen molar-refractivity contribution in [2.24, 2.45) is 0 Å². The maximum absolute atomic E-state index is 12.9. The lowest BCUT2D eigenvalue weighted by atomic mass is 10.1. The maximum Gasteiger partial charge on any atom is 0.159 e. The van der Waals surface area contributed by atoms with Crippen molar-refractivity contribution in [3.05, 3.63) is 35.4 Å². The van der Waals surface area contributed by atoms with Crippen LogP contribution in [-0.2, 0) is 0 Å². The molecule has 0 aliphatic rings. The number of rotatable bonds is 4. The molecule has 0 unspecified atom stereocenters. The van der Waals surface area contributed by atoms with Gasteiger partial charge in [0.05, 0.1) is 6.10 Å². The first-order valence-electron chi connectivity index (χ1n) is 4.87. The minimum absolute atomic E-state index is 0.116. The molecule has 15 heavy (non-hydrogen) atoms. The largest absolute Gasteiger partial charge is 0.392 e. The second-order valence-electron chi connectivity index (χ2n) is 3.65. The minimum Gasteiger partial charge on any atom is -0.392 e. The molecule has 84 valence electrons. The van der Waals surface area contributed by atoms with E-state index in [0.717, 1.165) is 12.1 Å². The summed E-state index contributed by atoms with van der Waals surface area (Å²) in [6, 6.07) is 3.67. The van der Waals surface area contributed by atoms with Crippen molar-refractivity contribution < 1.29 is 13.9 Å². The first kappa shape index (κ1) is 12.1. The standard InChI is InChI=1S/C11H15F2NO/c1-7(15)6-14-8(2)9-3-4-10(12)11(13)5-9/h3-5,7-8,14-15H,6H2,1-2H3/t7-,8-/m0/s1. The van der Waals surface area contributed by atoms with Crippen LogP contribution >= 0.6 is 0 Å². The average Bonchev–Trinajstić information content (AvgIpc) is 2.18. The van der Waals surface area contributed by atoms with Crippen molar-refractivity contribution in [3.63, 3.8) is 0 Å². The van der Waals surface area contributed by atoms with Crippen LogP contribution < -0.4 is 5.32 Å². The predicted octanol–water partition coefficient (Wildman–Crippen LogP) is 2.00. The Morgan fingerprint density at radius 2 is 1.93 bits per heavy atom. The summed E-state index contributed by atoms with van der Waals surface area (Å²) in [5.74, 6) is -1.69. The second-order valence-corrected chi connectivity index (χ2v) is 3.65. The molecule has 0 saturated carbocycles. The fourth-order valence-electron chi connectivity index (χ4n) is 1.25. The van der Waals surface area contributed by atoms with Gasteiger partial charge in [-0.25, -0.2) is 8.78 Å². The highest BCUT2D eigenvalue weighted by Crippen LogP contribution is 2.15. The first-order chi connectivity index (χ1) is 7.00. The quantitative estimate of drug-likeness (QED) is 0.805. The molecule has 2 atom stereocenters. The zero-order valence-electron chi connectivity index (χ0n) is 8.80. The van der Waals surface area contributed by atoms with Gasteiger partial charge in [-0.1, -0.05) is 6.07 Å². The van der Waals surface area contributed by atoms with Crippen molar-refractivity contribution >= 4 is 0 Å². The van der Waals surface area contributed by atoms with Crippen LogP contribution in [0.3, 0.4) is 0 Å². The molecular formula is C11H15F2NO. The zero-order chi connectivity index (χ0) is 11.4. The third-order valence-corrected chi connectivity index (χ3v) is 2.16. The Morgan fingerprint density at radius 3 is 2.47 bits per heavy atom. The van der Waals surface area contributed by atoms with Crippen molar-refractivity contribution in [2.45, 2.75) is 26.0 Å². The number of benzene rings is 1. The van der Waals surface area contributed by atoms with Gasteiger partial charge in [0.25, 0.3) is 0 Å². The predicted molar refractivity (Wildman–Crippen MR) is 54.5 cm³/mol. The van der Waals surface area contributed by atoms with E-state index in [4.69, 9.17) is 5.11 Å². The lowest BCUT2D eigenvalue weighted by Gasteiger charge is -2.15. The Hall–Kier alpha value is -1.00. The van der Waals surface area contributed by atoms with Crippen LogP contribution in [0.25, 0.3) is 0 Å². The van der Waals surface area contributed by atoms with Gasteiger partial charge in [-0.15, -0.1) is 0 Å². The Bertz CT molecular complexity index is 328. The summed E-state index contributed by atoms with van der Waals surface area (Å²) in [5.41, 5.74) is 0.662. The van der Waals surface area contributed by atoms with E-state index in [2.05, 4.69) is 5.32 Å². The van der Waals surface area contributed by atoms with Gasteiger partial charge in [0.1, 0.15) is 0 Å². The zero-order valence-corrected chi connectivity index (χ0v) is 8.80. The monoisotopic (exact) mass is 215 g/mol. The van der Waals surface area contributed by atoms with Crippen LogP contribution in [0, 0.1) is 11.6 Å². The molecule has 0 amide bonds. The normalized spacial score (nSPS) is 15.0. The van der Waals surface area contributed by atoms with E-state index in [0.29, 0.717) is 12.1 Å². The topological polar surface area (TPSA) is 32.3 Å². The van der Waals surface area contributed by atoms with Crippen LogP contribution in [0.1, 0.15) is 25.5 Å². The summed E-state index contributed by atoms with van der Waals surface area (Å²) in [6.45, 7) is 3.90. The van der Waals surface area contributed by atoms with E-state index in [1.807, 2.05) is 6.92 Å². The van der Waals surface area contributed by atoms with Crippen LogP contribution in [0.4, 0.5) is 8.78 Å². The number of halogens is 2. The molecule has 0 radical (unpaired) electrons. The summed E-state index contributed by atoms with van der Waals surface area (Å²) in [5, 5.41) is 12.1. The van der Waals surface area contributed by atoms with E-state index < -0.39 is 17.7 Å². The van der Waals surface area contributed by atoms with Gasteiger partial charge in [0.15, 0.2) is 11.6 Å². The Kier molecular flexibility index (Phi) is 4.17. The number of aliphatic hydroxyl groups excluding tert-OH is 1. The highest BCUT2D eigenvalue weighted by molar-refractivity contribution is 5.20. The van der Waals surface area contributed by atoms with Gasteiger partial charge in [-0.3, -0.25) is 0 Å². The molecule has 1 aromatic rings. The van der Waals surface area contributed by atoms with E-state index in [1.165, 1.54) is 6.07 Å². The second kappa shape index (κ2) is 5.19. The molecule has 0 saturated heterocycles. The van der Waals surface area contributed by atoms with Crippen molar-refractivity contribution in [2.75, 3.05) is 6.54 Å². The van der Waals surface area contributed by atoms with Gasteiger partial charge in [0, 0.05) is 12.6 Å².